The number of carbonyl (C=O) groups is 1. The zero-order chi connectivity index (χ0) is 13.6. The van der Waals surface area contributed by atoms with Gasteiger partial charge in [0.1, 0.15) is 0 Å². The molecule has 0 aromatic carbocycles. The average Bonchev–Trinajstić information content (AvgIpc) is 2.14. The highest BCUT2D eigenvalue weighted by Crippen LogP contribution is 2.37. The van der Waals surface area contributed by atoms with Crippen molar-refractivity contribution in [1.29, 1.82) is 0 Å². The summed E-state index contributed by atoms with van der Waals surface area (Å²) in [5.74, 6) is 2.17. The number of carbonyl (C=O) groups excluding carboxylic acids is 1. The molecule has 0 unspecified atom stereocenters. The molecular formula is C12H24INOS2. The Balaban J connectivity index is 4.11. The summed E-state index contributed by atoms with van der Waals surface area (Å²) in [6.45, 7) is 13.5. The minimum absolute atomic E-state index is 0.0796. The lowest BCUT2D eigenvalue weighted by molar-refractivity contribution is -0.128. The van der Waals surface area contributed by atoms with Crippen molar-refractivity contribution in [1.82, 2.24) is 3.11 Å². The second kappa shape index (κ2) is 8.15. The fourth-order valence-electron chi connectivity index (χ4n) is 1.05. The van der Waals surface area contributed by atoms with Crippen molar-refractivity contribution in [3.63, 3.8) is 0 Å². The third kappa shape index (κ3) is 8.59. The molecule has 5 heteroatoms. The number of halogens is 1. The molecule has 0 saturated heterocycles. The predicted octanol–water partition coefficient (Wildman–Crippen LogP) is 4.64. The molecule has 0 N–H and O–H groups in total. The van der Waals surface area contributed by atoms with E-state index in [4.69, 9.17) is 0 Å². The Morgan fingerprint density at radius 1 is 1.29 bits per heavy atom. The molecule has 0 aromatic rings. The van der Waals surface area contributed by atoms with Crippen LogP contribution in [0.3, 0.4) is 0 Å². The molecule has 0 spiro atoms. The first-order chi connectivity index (χ1) is 7.65. The van der Waals surface area contributed by atoms with Gasteiger partial charge in [-0.1, -0.05) is 49.3 Å². The molecule has 0 aliphatic heterocycles. The maximum Gasteiger partial charge on any atom is 0.233 e. The van der Waals surface area contributed by atoms with E-state index in [2.05, 4.69) is 50.6 Å². The summed E-state index contributed by atoms with van der Waals surface area (Å²) in [5.41, 5.74) is 0. The zero-order valence-corrected chi connectivity index (χ0v) is 15.4. The van der Waals surface area contributed by atoms with Gasteiger partial charge >= 0.3 is 0 Å². The third-order valence-corrected chi connectivity index (χ3v) is 6.37. The van der Waals surface area contributed by atoms with Gasteiger partial charge in [0.25, 0.3) is 0 Å². The number of hydrogen-bond acceptors (Lipinski definition) is 3. The van der Waals surface area contributed by atoms with Crippen molar-refractivity contribution in [2.75, 3.05) is 12.3 Å². The van der Waals surface area contributed by atoms with E-state index in [-0.39, 0.29) is 16.6 Å². The van der Waals surface area contributed by atoms with Crippen LogP contribution >= 0.6 is 44.5 Å². The largest absolute Gasteiger partial charge is 0.283 e. The molecule has 0 heterocycles. The van der Waals surface area contributed by atoms with Crippen molar-refractivity contribution >= 4 is 50.4 Å². The lowest BCUT2D eigenvalue weighted by Gasteiger charge is -2.28. The lowest BCUT2D eigenvalue weighted by atomic mass is 10.1. The molecule has 0 aromatic heterocycles. The van der Waals surface area contributed by atoms with E-state index in [9.17, 15) is 4.79 Å². The van der Waals surface area contributed by atoms with Crippen LogP contribution in [0, 0.1) is 11.8 Å². The average molecular weight is 389 g/mol. The van der Waals surface area contributed by atoms with Crippen molar-refractivity contribution in [3.8, 4) is 0 Å². The molecule has 17 heavy (non-hydrogen) atoms. The van der Waals surface area contributed by atoms with Crippen LogP contribution < -0.4 is 0 Å². The summed E-state index contributed by atoms with van der Waals surface area (Å²) in [4.78, 5) is 11.8. The van der Waals surface area contributed by atoms with Gasteiger partial charge in [-0.05, 0) is 19.8 Å². The number of hydrogen-bond donors (Lipinski definition) is 0. The summed E-state index contributed by atoms with van der Waals surface area (Å²) < 4.78 is 1.93. The lowest BCUT2D eigenvalue weighted by Crippen LogP contribution is -2.35. The SMILES string of the molecule is CC(C)CSSC(C)(C)CN(I)C(=O)C(C)C. The Morgan fingerprint density at radius 2 is 1.82 bits per heavy atom. The van der Waals surface area contributed by atoms with Gasteiger partial charge in [-0.25, -0.2) is 0 Å². The van der Waals surface area contributed by atoms with E-state index in [0.29, 0.717) is 0 Å². The van der Waals surface area contributed by atoms with Gasteiger partial charge in [-0.2, -0.15) is 0 Å². The number of amides is 1. The molecule has 2 nitrogen and oxygen atoms in total. The standard InChI is InChI=1S/C12H24INOS2/c1-9(2)7-16-17-12(5,6)8-14(13)11(15)10(3)4/h9-10H,7-8H2,1-6H3. The molecule has 0 fully saturated rings. The number of rotatable bonds is 7. The molecule has 1 amide bonds. The first-order valence-electron chi connectivity index (χ1n) is 5.93. The van der Waals surface area contributed by atoms with Crippen LogP contribution in [0.1, 0.15) is 41.5 Å². The van der Waals surface area contributed by atoms with Crippen LogP contribution in [0.5, 0.6) is 0 Å². The smallest absolute Gasteiger partial charge is 0.233 e. The maximum absolute atomic E-state index is 11.8. The van der Waals surface area contributed by atoms with Gasteiger partial charge in [-0.15, -0.1) is 0 Å². The van der Waals surface area contributed by atoms with Crippen molar-refractivity contribution in [2.45, 2.75) is 46.3 Å². The Labute approximate surface area is 128 Å². The highest BCUT2D eigenvalue weighted by atomic mass is 127. The van der Waals surface area contributed by atoms with Gasteiger partial charge in [0.2, 0.25) is 5.91 Å². The maximum atomic E-state index is 11.8. The first-order valence-corrected chi connectivity index (χ1v) is 9.22. The second-order valence-electron chi connectivity index (χ2n) is 5.53. The molecular weight excluding hydrogens is 365 g/mol. The van der Waals surface area contributed by atoms with E-state index in [1.807, 2.05) is 38.5 Å². The Kier molecular flexibility index (Phi) is 8.58. The van der Waals surface area contributed by atoms with E-state index in [1.54, 1.807) is 0 Å². The highest BCUT2D eigenvalue weighted by molar-refractivity contribution is 14.1. The third-order valence-electron chi connectivity index (χ3n) is 1.94. The van der Waals surface area contributed by atoms with Crippen LogP contribution in [0.25, 0.3) is 0 Å². The van der Waals surface area contributed by atoms with Gasteiger partial charge in [0.05, 0.1) is 22.9 Å². The minimum Gasteiger partial charge on any atom is -0.283 e. The van der Waals surface area contributed by atoms with Gasteiger partial charge in [-0.3, -0.25) is 7.91 Å². The summed E-state index contributed by atoms with van der Waals surface area (Å²) >= 11 is 2.13. The molecule has 0 aliphatic rings. The summed E-state index contributed by atoms with van der Waals surface area (Å²) in [6.07, 6.45) is 0. The summed E-state index contributed by atoms with van der Waals surface area (Å²) in [7, 11) is 3.79. The van der Waals surface area contributed by atoms with Gasteiger partial charge in [0, 0.05) is 23.0 Å². The Hall–Kier alpha value is 0.900. The van der Waals surface area contributed by atoms with Crippen LogP contribution in [-0.4, -0.2) is 26.1 Å². The highest BCUT2D eigenvalue weighted by Gasteiger charge is 2.25. The van der Waals surface area contributed by atoms with E-state index >= 15 is 0 Å². The fraction of sp³-hybridized carbons (Fsp3) is 0.917. The Bertz CT molecular complexity index is 245. The normalized spacial score (nSPS) is 12.3. The molecule has 0 rings (SSSR count). The first kappa shape index (κ1) is 17.9. The topological polar surface area (TPSA) is 20.3 Å². The van der Waals surface area contributed by atoms with Crippen LogP contribution in [0.2, 0.25) is 0 Å². The van der Waals surface area contributed by atoms with Gasteiger partial charge in [0.15, 0.2) is 0 Å². The molecule has 0 saturated carbocycles. The summed E-state index contributed by atoms with van der Waals surface area (Å²) in [6, 6.07) is 0. The zero-order valence-electron chi connectivity index (χ0n) is 11.6. The quantitative estimate of drug-likeness (QED) is 0.360. The summed E-state index contributed by atoms with van der Waals surface area (Å²) in [5, 5.41) is 0. The van der Waals surface area contributed by atoms with Crippen LogP contribution in [0.4, 0.5) is 0 Å². The van der Waals surface area contributed by atoms with Crippen LogP contribution in [-0.2, 0) is 4.79 Å². The Morgan fingerprint density at radius 3 is 2.24 bits per heavy atom. The van der Waals surface area contributed by atoms with Crippen molar-refractivity contribution < 1.29 is 4.79 Å². The van der Waals surface area contributed by atoms with E-state index in [1.165, 1.54) is 0 Å². The monoisotopic (exact) mass is 389 g/mol. The van der Waals surface area contributed by atoms with Gasteiger partial charge < -0.3 is 0 Å². The molecule has 0 bridgehead atoms. The molecule has 0 aliphatic carbocycles. The molecule has 0 atom stereocenters. The van der Waals surface area contributed by atoms with E-state index < -0.39 is 0 Å². The number of nitrogens with zero attached hydrogens (tertiary/aromatic N) is 1. The van der Waals surface area contributed by atoms with Crippen LogP contribution in [0.15, 0.2) is 0 Å². The predicted molar refractivity (Wildman–Crippen MR) is 89.5 cm³/mol. The van der Waals surface area contributed by atoms with Crippen molar-refractivity contribution in [2.24, 2.45) is 11.8 Å². The van der Waals surface area contributed by atoms with Crippen molar-refractivity contribution in [3.05, 3.63) is 0 Å². The fourth-order valence-corrected chi connectivity index (χ4v) is 5.67. The molecule has 102 valence electrons. The minimum atomic E-state index is 0.0796. The van der Waals surface area contributed by atoms with E-state index in [0.717, 1.165) is 18.2 Å². The second-order valence-corrected chi connectivity index (χ2v) is 9.75. The molecule has 0 radical (unpaired) electrons.